The summed E-state index contributed by atoms with van der Waals surface area (Å²) in [6, 6.07) is 4.44. The molecule has 0 aliphatic heterocycles. The molecule has 0 aliphatic rings. The normalized spacial score (nSPS) is 11.2. The summed E-state index contributed by atoms with van der Waals surface area (Å²) >= 11 is 0. The van der Waals surface area contributed by atoms with Crippen molar-refractivity contribution in [1.82, 2.24) is 0 Å². The largest absolute Gasteiger partial charge is 0.494 e. The first kappa shape index (κ1) is 12.1. The fourth-order valence-electron chi connectivity index (χ4n) is 1.15. The molecule has 88 valence electrons. The lowest BCUT2D eigenvalue weighted by molar-refractivity contribution is 0.317. The topological polar surface area (TPSA) is 79.9 Å². The molecular weight excluding hydrogens is 213 g/mol. The number of nitrogens with zero attached hydrogens (tertiary/aromatic N) is 1. The quantitative estimate of drug-likeness (QED) is 0.307. The third kappa shape index (κ3) is 3.30. The van der Waals surface area contributed by atoms with E-state index in [9.17, 15) is 4.39 Å². The molecule has 0 unspecified atom stereocenters. The van der Waals surface area contributed by atoms with Crippen molar-refractivity contribution >= 4 is 11.5 Å². The average Bonchev–Trinajstić information content (AvgIpc) is 2.31. The van der Waals surface area contributed by atoms with Gasteiger partial charge in [0.1, 0.15) is 5.84 Å². The maximum atomic E-state index is 13.0. The molecule has 0 atom stereocenters. The molecule has 0 aliphatic carbocycles. The van der Waals surface area contributed by atoms with Gasteiger partial charge < -0.3 is 21.0 Å². The van der Waals surface area contributed by atoms with Crippen molar-refractivity contribution in [1.29, 1.82) is 0 Å². The van der Waals surface area contributed by atoms with Crippen LogP contribution in [0.1, 0.15) is 6.42 Å². The maximum Gasteiger partial charge on any atom is 0.165 e. The minimum Gasteiger partial charge on any atom is -0.494 e. The molecule has 0 bridgehead atoms. The van der Waals surface area contributed by atoms with Gasteiger partial charge in [-0.2, -0.15) is 0 Å². The zero-order valence-electron chi connectivity index (χ0n) is 8.90. The molecule has 1 aromatic rings. The Morgan fingerprint density at radius 2 is 2.38 bits per heavy atom. The average molecular weight is 227 g/mol. The van der Waals surface area contributed by atoms with Gasteiger partial charge >= 0.3 is 0 Å². The number of benzene rings is 1. The lowest BCUT2D eigenvalue weighted by atomic mass is 10.2. The molecular formula is C10H14FN3O2. The van der Waals surface area contributed by atoms with Crippen LogP contribution in [-0.2, 0) is 0 Å². The van der Waals surface area contributed by atoms with E-state index >= 15 is 0 Å². The van der Waals surface area contributed by atoms with Gasteiger partial charge in [0.2, 0.25) is 0 Å². The first-order valence-electron chi connectivity index (χ1n) is 4.71. The summed E-state index contributed by atoms with van der Waals surface area (Å²) in [5, 5.41) is 14.1. The fourth-order valence-corrected chi connectivity index (χ4v) is 1.15. The minimum absolute atomic E-state index is 0.140. The Hall–Kier alpha value is -1.98. The standard InChI is InChI=1S/C10H14FN3O2/c1-16-9-6-7(2-3-8(9)11)13-5-4-10(12)14-15/h2-3,6,13,15H,4-5H2,1H3,(H2,12,14). The summed E-state index contributed by atoms with van der Waals surface area (Å²) in [5.74, 6) is -0.0974. The zero-order valence-corrected chi connectivity index (χ0v) is 8.90. The number of oxime groups is 1. The molecule has 0 radical (unpaired) electrons. The van der Waals surface area contributed by atoms with Gasteiger partial charge in [0, 0.05) is 24.7 Å². The second-order valence-corrected chi connectivity index (χ2v) is 3.12. The van der Waals surface area contributed by atoms with E-state index in [0.717, 1.165) is 0 Å². The smallest absolute Gasteiger partial charge is 0.165 e. The number of hydrogen-bond acceptors (Lipinski definition) is 4. The molecule has 4 N–H and O–H groups in total. The van der Waals surface area contributed by atoms with Crippen molar-refractivity contribution in [3.8, 4) is 5.75 Å². The molecule has 16 heavy (non-hydrogen) atoms. The Kier molecular flexibility index (Phi) is 4.38. The second-order valence-electron chi connectivity index (χ2n) is 3.12. The molecule has 0 saturated carbocycles. The second kappa shape index (κ2) is 5.79. The Morgan fingerprint density at radius 1 is 1.62 bits per heavy atom. The van der Waals surface area contributed by atoms with Crippen LogP contribution in [0.5, 0.6) is 5.75 Å². The van der Waals surface area contributed by atoms with Crippen LogP contribution >= 0.6 is 0 Å². The SMILES string of the molecule is COc1cc(NCC/C(N)=N/O)ccc1F. The van der Waals surface area contributed by atoms with Crippen molar-refractivity contribution in [3.05, 3.63) is 24.0 Å². The van der Waals surface area contributed by atoms with Crippen LogP contribution in [0.25, 0.3) is 0 Å². The molecule has 5 nitrogen and oxygen atoms in total. The number of methoxy groups -OCH3 is 1. The van der Waals surface area contributed by atoms with E-state index in [0.29, 0.717) is 18.7 Å². The van der Waals surface area contributed by atoms with Gasteiger partial charge in [-0.25, -0.2) is 4.39 Å². The third-order valence-electron chi connectivity index (χ3n) is 1.99. The van der Waals surface area contributed by atoms with Crippen LogP contribution in [0.4, 0.5) is 10.1 Å². The van der Waals surface area contributed by atoms with Gasteiger partial charge in [-0.05, 0) is 12.1 Å². The van der Waals surface area contributed by atoms with Crippen molar-refractivity contribution in [3.63, 3.8) is 0 Å². The van der Waals surface area contributed by atoms with Gasteiger partial charge in [0.05, 0.1) is 7.11 Å². The number of halogens is 1. The molecule has 0 spiro atoms. The van der Waals surface area contributed by atoms with E-state index in [-0.39, 0.29) is 11.6 Å². The van der Waals surface area contributed by atoms with E-state index in [1.54, 1.807) is 12.1 Å². The van der Waals surface area contributed by atoms with Crippen LogP contribution in [0, 0.1) is 5.82 Å². The Bertz CT molecular complexity index is 382. The van der Waals surface area contributed by atoms with Gasteiger partial charge in [0.15, 0.2) is 11.6 Å². The third-order valence-corrected chi connectivity index (χ3v) is 1.99. The number of nitrogens with one attached hydrogen (secondary N) is 1. The van der Waals surface area contributed by atoms with Crippen molar-refractivity contribution in [2.75, 3.05) is 19.0 Å². The number of nitrogens with two attached hydrogens (primary N) is 1. The number of rotatable bonds is 5. The van der Waals surface area contributed by atoms with Gasteiger partial charge in [-0.15, -0.1) is 0 Å². The molecule has 1 aromatic carbocycles. The predicted octanol–water partition coefficient (Wildman–Crippen LogP) is 1.38. The van der Waals surface area contributed by atoms with Crippen LogP contribution in [0.3, 0.4) is 0 Å². The van der Waals surface area contributed by atoms with Crippen LogP contribution in [0.15, 0.2) is 23.4 Å². The van der Waals surface area contributed by atoms with Crippen molar-refractivity contribution < 1.29 is 14.3 Å². The van der Waals surface area contributed by atoms with E-state index in [1.807, 2.05) is 0 Å². The highest BCUT2D eigenvalue weighted by Crippen LogP contribution is 2.21. The summed E-state index contributed by atoms with van der Waals surface area (Å²) in [5.41, 5.74) is 6.00. The molecule has 1 rings (SSSR count). The summed E-state index contributed by atoms with van der Waals surface area (Å²) in [4.78, 5) is 0. The molecule has 0 fully saturated rings. The van der Waals surface area contributed by atoms with E-state index in [4.69, 9.17) is 15.7 Å². The van der Waals surface area contributed by atoms with Crippen molar-refractivity contribution in [2.45, 2.75) is 6.42 Å². The first-order chi connectivity index (χ1) is 7.67. The summed E-state index contributed by atoms with van der Waals surface area (Å²) in [6.45, 7) is 0.491. The van der Waals surface area contributed by atoms with Gasteiger partial charge in [0.25, 0.3) is 0 Å². The molecule has 0 aromatic heterocycles. The van der Waals surface area contributed by atoms with Gasteiger partial charge in [-0.1, -0.05) is 5.16 Å². The van der Waals surface area contributed by atoms with Crippen molar-refractivity contribution in [2.24, 2.45) is 10.9 Å². The zero-order chi connectivity index (χ0) is 12.0. The van der Waals surface area contributed by atoms with Gasteiger partial charge in [-0.3, -0.25) is 0 Å². The van der Waals surface area contributed by atoms with E-state index < -0.39 is 5.82 Å². The lowest BCUT2D eigenvalue weighted by Crippen LogP contribution is -2.16. The summed E-state index contributed by atoms with van der Waals surface area (Å²) < 4.78 is 17.9. The van der Waals surface area contributed by atoms with Crippen LogP contribution in [0.2, 0.25) is 0 Å². The Morgan fingerprint density at radius 3 is 3.00 bits per heavy atom. The van der Waals surface area contributed by atoms with Crippen LogP contribution in [-0.4, -0.2) is 24.7 Å². The van der Waals surface area contributed by atoms with E-state index in [2.05, 4.69) is 10.5 Å². The summed E-state index contributed by atoms with van der Waals surface area (Å²) in [6.07, 6.45) is 0.399. The minimum atomic E-state index is -0.413. The highest BCUT2D eigenvalue weighted by molar-refractivity contribution is 5.80. The highest BCUT2D eigenvalue weighted by Gasteiger charge is 2.03. The first-order valence-corrected chi connectivity index (χ1v) is 4.71. The molecule has 6 heteroatoms. The number of amidine groups is 1. The highest BCUT2D eigenvalue weighted by atomic mass is 19.1. The lowest BCUT2D eigenvalue weighted by Gasteiger charge is -2.08. The van der Waals surface area contributed by atoms with E-state index in [1.165, 1.54) is 13.2 Å². The Labute approximate surface area is 92.7 Å². The fraction of sp³-hybridized carbons (Fsp3) is 0.300. The Balaban J connectivity index is 2.54. The monoisotopic (exact) mass is 227 g/mol. The van der Waals surface area contributed by atoms with Crippen LogP contribution < -0.4 is 15.8 Å². The molecule has 0 heterocycles. The summed E-state index contributed by atoms with van der Waals surface area (Å²) in [7, 11) is 1.40. The number of anilines is 1. The maximum absolute atomic E-state index is 13.0. The predicted molar refractivity (Wildman–Crippen MR) is 59.5 cm³/mol. The number of hydrogen-bond donors (Lipinski definition) is 3. The molecule has 0 amide bonds. The number of ether oxygens (including phenoxy) is 1. The molecule has 0 saturated heterocycles.